The first-order valence-corrected chi connectivity index (χ1v) is 11.1. The Labute approximate surface area is 200 Å². The minimum atomic E-state index is -0.634. The third-order valence-electron chi connectivity index (χ3n) is 4.96. The molecule has 34 heavy (non-hydrogen) atoms. The standard InChI is InChI=1S/C25H21NO7S/c1-30-19-10-8-17(12-21(19)32-15-16-6-4-3-5-7-16)13-22-23(27)26(25(29)34-22)14-18-9-11-20(33-18)24(28)31-2/h3-13H,14-15H2,1-2H3/b22-13+. The van der Waals surface area contributed by atoms with Gasteiger partial charge < -0.3 is 18.6 Å². The van der Waals surface area contributed by atoms with Crippen LogP contribution >= 0.6 is 11.8 Å². The SMILES string of the molecule is COC(=O)c1ccc(CN2C(=O)S/C(=C/c3ccc(OC)c(OCc4ccccc4)c3)C2=O)o1. The normalized spacial score (nSPS) is 14.5. The van der Waals surface area contributed by atoms with Crippen molar-refractivity contribution in [3.05, 3.63) is 88.2 Å². The van der Waals surface area contributed by atoms with Crippen molar-refractivity contribution in [3.8, 4) is 11.5 Å². The molecule has 1 aromatic heterocycles. The van der Waals surface area contributed by atoms with Gasteiger partial charge in [-0.05, 0) is 53.2 Å². The molecule has 174 valence electrons. The molecule has 2 aromatic carbocycles. The predicted octanol–water partition coefficient (Wildman–Crippen LogP) is 4.89. The van der Waals surface area contributed by atoms with Crippen LogP contribution in [0.5, 0.6) is 11.5 Å². The van der Waals surface area contributed by atoms with Gasteiger partial charge in [-0.25, -0.2) is 4.79 Å². The van der Waals surface area contributed by atoms with Gasteiger partial charge in [0.15, 0.2) is 11.5 Å². The number of nitrogens with zero attached hydrogens (tertiary/aromatic N) is 1. The highest BCUT2D eigenvalue weighted by Crippen LogP contribution is 2.35. The van der Waals surface area contributed by atoms with E-state index in [0.29, 0.717) is 29.4 Å². The fraction of sp³-hybridized carbons (Fsp3) is 0.160. The van der Waals surface area contributed by atoms with E-state index < -0.39 is 17.1 Å². The maximum atomic E-state index is 12.9. The Balaban J connectivity index is 1.50. The Morgan fingerprint density at radius 1 is 1.03 bits per heavy atom. The topological polar surface area (TPSA) is 95.3 Å². The lowest BCUT2D eigenvalue weighted by Crippen LogP contribution is -2.27. The van der Waals surface area contributed by atoms with Gasteiger partial charge in [0.2, 0.25) is 5.76 Å². The fourth-order valence-corrected chi connectivity index (χ4v) is 4.09. The Morgan fingerprint density at radius 3 is 2.56 bits per heavy atom. The number of thioether (sulfide) groups is 1. The summed E-state index contributed by atoms with van der Waals surface area (Å²) in [6.45, 7) is 0.265. The number of hydrogen-bond donors (Lipinski definition) is 0. The predicted molar refractivity (Wildman–Crippen MR) is 125 cm³/mol. The highest BCUT2D eigenvalue weighted by molar-refractivity contribution is 8.18. The molecule has 1 fully saturated rings. The number of carbonyl (C=O) groups is 3. The lowest BCUT2D eigenvalue weighted by atomic mass is 10.1. The van der Waals surface area contributed by atoms with Crippen molar-refractivity contribution in [2.75, 3.05) is 14.2 Å². The van der Waals surface area contributed by atoms with Gasteiger partial charge in [-0.2, -0.15) is 0 Å². The number of rotatable bonds is 8. The van der Waals surface area contributed by atoms with Crippen LogP contribution in [-0.4, -0.2) is 36.2 Å². The minimum Gasteiger partial charge on any atom is -0.493 e. The highest BCUT2D eigenvalue weighted by atomic mass is 32.2. The molecular formula is C25H21NO7S. The van der Waals surface area contributed by atoms with Crippen LogP contribution in [0.1, 0.15) is 27.4 Å². The van der Waals surface area contributed by atoms with Crippen LogP contribution in [0, 0.1) is 0 Å². The zero-order chi connectivity index (χ0) is 24.1. The van der Waals surface area contributed by atoms with Crippen molar-refractivity contribution >= 4 is 35.0 Å². The fourth-order valence-electron chi connectivity index (χ4n) is 3.25. The first-order valence-electron chi connectivity index (χ1n) is 10.3. The van der Waals surface area contributed by atoms with Gasteiger partial charge in [0.1, 0.15) is 12.4 Å². The van der Waals surface area contributed by atoms with Crippen molar-refractivity contribution in [3.63, 3.8) is 0 Å². The molecule has 0 bridgehead atoms. The van der Waals surface area contributed by atoms with Crippen LogP contribution in [0.2, 0.25) is 0 Å². The molecule has 2 amide bonds. The first-order chi connectivity index (χ1) is 16.5. The highest BCUT2D eigenvalue weighted by Gasteiger charge is 2.35. The summed E-state index contributed by atoms with van der Waals surface area (Å²) in [7, 11) is 2.79. The number of carbonyl (C=O) groups excluding carboxylic acids is 3. The van der Waals surface area contributed by atoms with Crippen LogP contribution in [0.4, 0.5) is 4.79 Å². The number of imide groups is 1. The second-order valence-corrected chi connectivity index (χ2v) is 8.20. The molecule has 0 saturated carbocycles. The molecule has 1 saturated heterocycles. The maximum Gasteiger partial charge on any atom is 0.373 e. The average Bonchev–Trinajstić information content (AvgIpc) is 3.43. The lowest BCUT2D eigenvalue weighted by molar-refractivity contribution is -0.123. The number of furan rings is 1. The summed E-state index contributed by atoms with van der Waals surface area (Å²) in [5, 5.41) is -0.429. The van der Waals surface area contributed by atoms with Crippen LogP contribution < -0.4 is 9.47 Å². The molecule has 3 aromatic rings. The smallest absolute Gasteiger partial charge is 0.373 e. The molecule has 9 heteroatoms. The number of esters is 1. The van der Waals surface area contributed by atoms with E-state index in [9.17, 15) is 14.4 Å². The largest absolute Gasteiger partial charge is 0.493 e. The van der Waals surface area contributed by atoms with Crippen LogP contribution in [-0.2, 0) is 22.7 Å². The molecule has 0 spiro atoms. The van der Waals surface area contributed by atoms with E-state index in [0.717, 1.165) is 22.2 Å². The van der Waals surface area contributed by atoms with Crippen molar-refractivity contribution in [2.45, 2.75) is 13.2 Å². The summed E-state index contributed by atoms with van der Waals surface area (Å²) >= 11 is 0.833. The van der Waals surface area contributed by atoms with Gasteiger partial charge in [-0.15, -0.1) is 0 Å². The van der Waals surface area contributed by atoms with E-state index in [-0.39, 0.29) is 17.2 Å². The number of hydrogen-bond acceptors (Lipinski definition) is 8. The number of ether oxygens (including phenoxy) is 3. The summed E-state index contributed by atoms with van der Waals surface area (Å²) in [6, 6.07) is 17.9. The second-order valence-electron chi connectivity index (χ2n) is 7.21. The van der Waals surface area contributed by atoms with E-state index in [1.807, 2.05) is 30.3 Å². The summed E-state index contributed by atoms with van der Waals surface area (Å²) < 4.78 is 21.3. The van der Waals surface area contributed by atoms with Gasteiger partial charge in [0.05, 0.1) is 25.7 Å². The second kappa shape index (κ2) is 10.3. The summed E-state index contributed by atoms with van der Waals surface area (Å²) in [6.07, 6.45) is 1.63. The van der Waals surface area contributed by atoms with E-state index >= 15 is 0 Å². The van der Waals surface area contributed by atoms with Crippen LogP contribution in [0.15, 0.2) is 70.0 Å². The Morgan fingerprint density at radius 2 is 1.82 bits per heavy atom. The molecule has 0 N–H and O–H groups in total. The van der Waals surface area contributed by atoms with E-state index in [4.69, 9.17) is 13.9 Å². The lowest BCUT2D eigenvalue weighted by Gasteiger charge is -2.12. The van der Waals surface area contributed by atoms with Crippen molar-refractivity contribution in [1.29, 1.82) is 0 Å². The monoisotopic (exact) mass is 479 g/mol. The molecule has 0 atom stereocenters. The number of benzene rings is 2. The summed E-state index contributed by atoms with van der Waals surface area (Å²) in [4.78, 5) is 38.2. The van der Waals surface area contributed by atoms with Gasteiger partial charge in [-0.1, -0.05) is 36.4 Å². The maximum absolute atomic E-state index is 12.9. The minimum absolute atomic E-state index is 0.00118. The molecule has 2 heterocycles. The van der Waals surface area contributed by atoms with Crippen molar-refractivity contribution in [1.82, 2.24) is 4.90 Å². The summed E-state index contributed by atoms with van der Waals surface area (Å²) in [5.41, 5.74) is 1.68. The average molecular weight is 480 g/mol. The van der Waals surface area contributed by atoms with E-state index in [2.05, 4.69) is 4.74 Å². The molecule has 0 radical (unpaired) electrons. The summed E-state index contributed by atoms with van der Waals surface area (Å²) in [5.74, 6) is 0.288. The van der Waals surface area contributed by atoms with Crippen LogP contribution in [0.25, 0.3) is 6.08 Å². The third kappa shape index (κ3) is 5.15. The zero-order valence-electron chi connectivity index (χ0n) is 18.5. The van der Waals surface area contributed by atoms with Gasteiger partial charge >= 0.3 is 5.97 Å². The molecule has 0 aliphatic carbocycles. The van der Waals surface area contributed by atoms with Gasteiger partial charge in [0, 0.05) is 0 Å². The van der Waals surface area contributed by atoms with Crippen LogP contribution in [0.3, 0.4) is 0 Å². The Hall–Kier alpha value is -3.98. The third-order valence-corrected chi connectivity index (χ3v) is 5.87. The zero-order valence-corrected chi connectivity index (χ0v) is 19.3. The number of methoxy groups -OCH3 is 2. The first kappa shape index (κ1) is 23.2. The Bertz CT molecular complexity index is 1250. The molecule has 1 aliphatic heterocycles. The molecule has 0 unspecified atom stereocenters. The van der Waals surface area contributed by atoms with Crippen molar-refractivity contribution in [2.24, 2.45) is 0 Å². The molecule has 4 rings (SSSR count). The van der Waals surface area contributed by atoms with E-state index in [1.165, 1.54) is 19.2 Å². The molecular weight excluding hydrogens is 458 g/mol. The number of amides is 2. The van der Waals surface area contributed by atoms with Gasteiger partial charge in [0.25, 0.3) is 11.1 Å². The quantitative estimate of drug-likeness (QED) is 0.333. The van der Waals surface area contributed by atoms with E-state index in [1.54, 1.807) is 31.4 Å². The van der Waals surface area contributed by atoms with Gasteiger partial charge in [-0.3, -0.25) is 14.5 Å². The Kier molecular flexibility index (Phi) is 7.03. The molecule has 8 nitrogen and oxygen atoms in total. The van der Waals surface area contributed by atoms with Crippen molar-refractivity contribution < 1.29 is 33.0 Å². The molecule has 1 aliphatic rings.